The van der Waals surface area contributed by atoms with Crippen LogP contribution in [0.2, 0.25) is 0 Å². The van der Waals surface area contributed by atoms with E-state index in [2.05, 4.69) is 17.6 Å². The highest BCUT2D eigenvalue weighted by Gasteiger charge is 2.33. The molecule has 7 heteroatoms. The molecular formula is C21H26F3NO2S. The molecule has 0 atom stereocenters. The fourth-order valence-electron chi connectivity index (χ4n) is 3.41. The first-order valence-corrected chi connectivity index (χ1v) is 10.0. The Morgan fingerprint density at radius 1 is 0.964 bits per heavy atom. The molecule has 0 saturated heterocycles. The monoisotopic (exact) mass is 413 g/mol. The summed E-state index contributed by atoms with van der Waals surface area (Å²) >= 11 is 3.53. The summed E-state index contributed by atoms with van der Waals surface area (Å²) in [5.41, 5.74) is 3.80. The van der Waals surface area contributed by atoms with Gasteiger partial charge in [0.25, 0.3) is 0 Å². The molecule has 1 heterocycles. The number of alkyl halides is 3. The number of aliphatic imine (C=N–C) groups is 1. The van der Waals surface area contributed by atoms with E-state index >= 15 is 0 Å². The van der Waals surface area contributed by atoms with Crippen molar-refractivity contribution < 1.29 is 22.6 Å². The number of methoxy groups -OCH3 is 2. The summed E-state index contributed by atoms with van der Waals surface area (Å²) in [6, 6.07) is 3.93. The molecule has 0 bridgehead atoms. The van der Waals surface area contributed by atoms with Gasteiger partial charge in [0.05, 0.1) is 14.2 Å². The van der Waals surface area contributed by atoms with Crippen molar-refractivity contribution in [2.75, 3.05) is 27.0 Å². The first kappa shape index (κ1) is 22.4. The highest BCUT2D eigenvalue weighted by molar-refractivity contribution is 7.79. The zero-order valence-electron chi connectivity index (χ0n) is 16.4. The summed E-state index contributed by atoms with van der Waals surface area (Å²) in [6.45, 7) is 0.717. The number of benzene rings is 1. The third kappa shape index (κ3) is 5.34. The van der Waals surface area contributed by atoms with Gasteiger partial charge in [-0.3, -0.25) is 4.99 Å². The van der Waals surface area contributed by atoms with Crippen molar-refractivity contribution in [2.24, 2.45) is 4.99 Å². The molecule has 0 radical (unpaired) electrons. The first-order valence-electron chi connectivity index (χ1n) is 9.11. The second kappa shape index (κ2) is 10.0. The van der Waals surface area contributed by atoms with Crippen LogP contribution in [0.15, 0.2) is 40.4 Å². The van der Waals surface area contributed by atoms with Crippen LogP contribution in [-0.4, -0.2) is 38.9 Å². The van der Waals surface area contributed by atoms with Crippen LogP contribution in [-0.2, 0) is 6.42 Å². The Hall–Kier alpha value is -1.89. The van der Waals surface area contributed by atoms with Crippen LogP contribution in [0.4, 0.5) is 13.2 Å². The average molecular weight is 414 g/mol. The zero-order chi connectivity index (χ0) is 20.7. The average Bonchev–Trinajstić information content (AvgIpc) is 2.72. The predicted molar refractivity (Wildman–Crippen MR) is 110 cm³/mol. The minimum atomic E-state index is -4.22. The highest BCUT2D eigenvalue weighted by atomic mass is 32.1. The molecule has 0 spiro atoms. The van der Waals surface area contributed by atoms with Crippen LogP contribution in [0.25, 0.3) is 0 Å². The Morgan fingerprint density at radius 3 is 2.21 bits per heavy atom. The minimum absolute atomic E-state index is 0.0589. The van der Waals surface area contributed by atoms with Crippen LogP contribution in [0.3, 0.4) is 0 Å². The summed E-state index contributed by atoms with van der Waals surface area (Å²) in [5.74, 6) is 1.36. The van der Waals surface area contributed by atoms with E-state index in [1.54, 1.807) is 26.6 Å². The van der Waals surface area contributed by atoms with Gasteiger partial charge in [-0.15, -0.1) is 0 Å². The van der Waals surface area contributed by atoms with E-state index in [1.165, 1.54) is 11.6 Å². The van der Waals surface area contributed by atoms with Gasteiger partial charge < -0.3 is 9.47 Å². The smallest absolute Gasteiger partial charge is 0.412 e. The second-order valence-corrected chi connectivity index (χ2v) is 6.46. The third-order valence-corrected chi connectivity index (χ3v) is 4.89. The molecule has 1 aromatic carbocycles. The van der Waals surface area contributed by atoms with E-state index in [-0.39, 0.29) is 6.42 Å². The van der Waals surface area contributed by atoms with Crippen molar-refractivity contribution in [3.05, 3.63) is 46.6 Å². The minimum Gasteiger partial charge on any atom is -0.493 e. The Kier molecular flexibility index (Phi) is 8.04. The van der Waals surface area contributed by atoms with Crippen LogP contribution < -0.4 is 9.47 Å². The Morgan fingerprint density at radius 2 is 1.64 bits per heavy atom. The Balaban J connectivity index is 0.00000136. The molecule has 1 aliphatic heterocycles. The Labute approximate surface area is 169 Å². The molecule has 0 N–H and O–H groups in total. The fourth-order valence-corrected chi connectivity index (χ4v) is 3.41. The van der Waals surface area contributed by atoms with Crippen LogP contribution in [0, 0.1) is 0 Å². The lowest BCUT2D eigenvalue weighted by atomic mass is 9.90. The summed E-state index contributed by atoms with van der Waals surface area (Å²) in [5, 5.41) is 0. The molecule has 154 valence electrons. The number of fused-ring (bicyclic) bond motifs is 1. The molecule has 2 aliphatic rings. The molecule has 3 rings (SSSR count). The van der Waals surface area contributed by atoms with Crippen molar-refractivity contribution in [2.45, 2.75) is 38.3 Å². The number of ether oxygens (including phenoxy) is 2. The van der Waals surface area contributed by atoms with Gasteiger partial charge in [0.2, 0.25) is 0 Å². The third-order valence-electron chi connectivity index (χ3n) is 4.89. The molecular weight excluding hydrogens is 387 g/mol. The number of halogens is 3. The summed E-state index contributed by atoms with van der Waals surface area (Å²) in [6.07, 6.45) is 3.09. The molecule has 0 aromatic heterocycles. The molecule has 1 aliphatic carbocycles. The largest absolute Gasteiger partial charge is 0.493 e. The van der Waals surface area contributed by atoms with Gasteiger partial charge in [-0.1, -0.05) is 17.7 Å². The quantitative estimate of drug-likeness (QED) is 0.639. The van der Waals surface area contributed by atoms with Gasteiger partial charge in [0.15, 0.2) is 11.5 Å². The molecule has 1 aromatic rings. The highest BCUT2D eigenvalue weighted by Crippen LogP contribution is 2.35. The van der Waals surface area contributed by atoms with Crippen molar-refractivity contribution >= 4 is 18.3 Å². The van der Waals surface area contributed by atoms with Gasteiger partial charge in [-0.2, -0.15) is 25.8 Å². The van der Waals surface area contributed by atoms with E-state index in [4.69, 9.17) is 9.47 Å². The van der Waals surface area contributed by atoms with Crippen LogP contribution in [0.5, 0.6) is 11.5 Å². The van der Waals surface area contributed by atoms with Gasteiger partial charge in [0.1, 0.15) is 0 Å². The van der Waals surface area contributed by atoms with E-state index in [9.17, 15) is 13.2 Å². The molecule has 3 nitrogen and oxygen atoms in total. The molecule has 0 amide bonds. The predicted octanol–water partition coefficient (Wildman–Crippen LogP) is 5.58. The van der Waals surface area contributed by atoms with Crippen molar-refractivity contribution in [3.8, 4) is 11.5 Å². The summed E-state index contributed by atoms with van der Waals surface area (Å²) < 4.78 is 48.9. The molecule has 28 heavy (non-hydrogen) atoms. The van der Waals surface area contributed by atoms with Crippen molar-refractivity contribution in [1.29, 1.82) is 0 Å². The maximum atomic E-state index is 12.7. The van der Waals surface area contributed by atoms with Crippen molar-refractivity contribution in [3.63, 3.8) is 0 Å². The second-order valence-electron chi connectivity index (χ2n) is 6.46. The summed E-state index contributed by atoms with van der Waals surface area (Å²) in [4.78, 5) is 4.64. The number of hydrogen-bond donors (Lipinski definition) is 1. The van der Waals surface area contributed by atoms with Crippen LogP contribution in [0.1, 0.15) is 36.8 Å². The lowest BCUT2D eigenvalue weighted by molar-refractivity contribution is -0.0941. The number of hydrogen-bond acceptors (Lipinski definition) is 4. The fraction of sp³-hybridized carbons (Fsp3) is 0.476. The first-order chi connectivity index (χ1) is 13.4. The topological polar surface area (TPSA) is 30.8 Å². The van der Waals surface area contributed by atoms with E-state index < -0.39 is 11.7 Å². The standard InChI is InChI=1S/C20H22F3NO2.CH4S/c1-25-18-11-14-9-10-24-17(16(14)12-19(18)26-2)8-5-13-3-6-15(7-4-13)20(21,22)23;1-2/h3,6,11-12H,4-5,7-10H2,1-2H3;2H,1H3. The van der Waals surface area contributed by atoms with E-state index in [0.29, 0.717) is 30.8 Å². The molecule has 0 fully saturated rings. The Bertz CT molecular complexity index is 783. The molecule has 0 unspecified atom stereocenters. The van der Waals surface area contributed by atoms with Crippen LogP contribution >= 0.6 is 12.6 Å². The maximum absolute atomic E-state index is 12.7. The lowest BCUT2D eigenvalue weighted by Crippen LogP contribution is -2.15. The number of rotatable bonds is 5. The van der Waals surface area contributed by atoms with Gasteiger partial charge >= 0.3 is 6.18 Å². The zero-order valence-corrected chi connectivity index (χ0v) is 17.3. The van der Waals surface area contributed by atoms with Gasteiger partial charge in [-0.05, 0) is 56.1 Å². The van der Waals surface area contributed by atoms with Gasteiger partial charge in [-0.25, -0.2) is 0 Å². The lowest BCUT2D eigenvalue weighted by Gasteiger charge is -2.21. The number of allylic oxidation sites excluding steroid dienone is 4. The summed E-state index contributed by atoms with van der Waals surface area (Å²) in [7, 11) is 3.21. The van der Waals surface area contributed by atoms with E-state index in [1.807, 2.05) is 12.1 Å². The van der Waals surface area contributed by atoms with Gasteiger partial charge in [0, 0.05) is 23.4 Å². The van der Waals surface area contributed by atoms with E-state index in [0.717, 1.165) is 29.8 Å². The maximum Gasteiger partial charge on any atom is 0.412 e. The SMILES string of the molecule is COc1cc2c(cc1OC)C(CCC1=CC=C(C(F)(F)F)CC1)=NCC2.CS. The normalized spacial score (nSPS) is 16.0. The number of thiol groups is 1. The number of nitrogens with zero attached hydrogens (tertiary/aromatic N) is 1. The molecule has 0 saturated carbocycles. The van der Waals surface area contributed by atoms with Crippen molar-refractivity contribution in [1.82, 2.24) is 0 Å².